The van der Waals surface area contributed by atoms with Crippen LogP contribution in [-0.4, -0.2) is 37.7 Å². The van der Waals surface area contributed by atoms with Crippen LogP contribution in [0.5, 0.6) is 0 Å². The van der Waals surface area contributed by atoms with Gasteiger partial charge in [-0.25, -0.2) is 9.59 Å². The summed E-state index contributed by atoms with van der Waals surface area (Å²) in [6, 6.07) is 0. The van der Waals surface area contributed by atoms with Crippen molar-refractivity contribution in [1.29, 1.82) is 0 Å². The topological polar surface area (TPSA) is 71.1 Å². The van der Waals surface area contributed by atoms with Crippen molar-refractivity contribution < 1.29 is 28.5 Å². The second-order valence-corrected chi connectivity index (χ2v) is 3.48. The molecule has 0 N–H and O–H groups in total. The van der Waals surface area contributed by atoms with Gasteiger partial charge in [-0.3, -0.25) is 0 Å². The molecule has 0 saturated carbocycles. The van der Waals surface area contributed by atoms with Gasteiger partial charge in [0.15, 0.2) is 0 Å². The zero-order valence-electron chi connectivity index (χ0n) is 9.49. The molecule has 2 aliphatic heterocycles. The van der Waals surface area contributed by atoms with Gasteiger partial charge in [-0.05, 0) is 12.8 Å². The second-order valence-electron chi connectivity index (χ2n) is 3.48. The van der Waals surface area contributed by atoms with E-state index in [4.69, 9.17) is 4.74 Å². The lowest BCUT2D eigenvalue weighted by atomic mass is 9.99. The summed E-state index contributed by atoms with van der Waals surface area (Å²) in [6.07, 6.45) is 0.587. The van der Waals surface area contributed by atoms with E-state index in [1.165, 1.54) is 0 Å². The first-order valence-electron chi connectivity index (χ1n) is 5.27. The fourth-order valence-corrected chi connectivity index (χ4v) is 1.32. The number of hydrogen-bond donors (Lipinski definition) is 0. The lowest BCUT2D eigenvalue weighted by Crippen LogP contribution is -2.29. The molecule has 2 fully saturated rings. The Balaban J connectivity index is 0.000000181. The van der Waals surface area contributed by atoms with Crippen LogP contribution in [-0.2, 0) is 18.9 Å². The van der Waals surface area contributed by atoms with Crippen LogP contribution in [0.1, 0.15) is 26.7 Å². The summed E-state index contributed by atoms with van der Waals surface area (Å²) in [6.45, 7) is 5.23. The van der Waals surface area contributed by atoms with Gasteiger partial charge >= 0.3 is 12.3 Å². The van der Waals surface area contributed by atoms with Gasteiger partial charge in [0.1, 0.15) is 25.4 Å². The van der Waals surface area contributed by atoms with E-state index in [1.54, 1.807) is 0 Å². The summed E-state index contributed by atoms with van der Waals surface area (Å²) < 4.78 is 18.3. The lowest BCUT2D eigenvalue weighted by Gasteiger charge is -2.20. The largest absolute Gasteiger partial charge is 0.509 e. The van der Waals surface area contributed by atoms with E-state index in [9.17, 15) is 9.59 Å². The average molecular weight is 232 g/mol. The van der Waals surface area contributed by atoms with E-state index in [2.05, 4.69) is 14.2 Å². The minimum atomic E-state index is -0.546. The van der Waals surface area contributed by atoms with E-state index in [0.29, 0.717) is 19.8 Å². The van der Waals surface area contributed by atoms with Crippen molar-refractivity contribution in [3.05, 3.63) is 0 Å². The molecule has 6 heteroatoms. The molecule has 2 aliphatic rings. The number of carbonyl (C=O) groups excluding carboxylic acids is 2. The highest BCUT2D eigenvalue weighted by atomic mass is 16.8. The molecule has 0 radical (unpaired) electrons. The normalized spacial score (nSPS) is 21.1. The maximum atomic E-state index is 10.5. The Labute approximate surface area is 93.8 Å². The fraction of sp³-hybridized carbons (Fsp3) is 0.800. The van der Waals surface area contributed by atoms with Gasteiger partial charge in [0, 0.05) is 0 Å². The van der Waals surface area contributed by atoms with Gasteiger partial charge in [0.25, 0.3) is 0 Å². The molecule has 92 valence electrons. The third-order valence-electron chi connectivity index (χ3n) is 2.56. The van der Waals surface area contributed by atoms with E-state index in [1.807, 2.05) is 13.8 Å². The maximum absolute atomic E-state index is 10.5. The fourth-order valence-electron chi connectivity index (χ4n) is 1.32. The quantitative estimate of drug-likeness (QED) is 0.677. The number of ether oxygens (including phenoxy) is 4. The maximum Gasteiger partial charge on any atom is 0.509 e. The van der Waals surface area contributed by atoms with Crippen molar-refractivity contribution >= 4 is 12.3 Å². The molecule has 0 aromatic heterocycles. The van der Waals surface area contributed by atoms with Crippen molar-refractivity contribution in [2.24, 2.45) is 0 Å². The van der Waals surface area contributed by atoms with Crippen molar-refractivity contribution in [3.63, 3.8) is 0 Å². The van der Waals surface area contributed by atoms with E-state index in [-0.39, 0.29) is 5.60 Å². The highest BCUT2D eigenvalue weighted by Gasteiger charge is 2.38. The summed E-state index contributed by atoms with van der Waals surface area (Å²) >= 11 is 0. The van der Waals surface area contributed by atoms with Crippen molar-refractivity contribution in [2.45, 2.75) is 32.3 Å². The zero-order valence-corrected chi connectivity index (χ0v) is 9.49. The van der Waals surface area contributed by atoms with Gasteiger partial charge in [-0.1, -0.05) is 13.8 Å². The number of rotatable bonds is 2. The first-order chi connectivity index (χ1) is 7.62. The van der Waals surface area contributed by atoms with Crippen molar-refractivity contribution in [2.75, 3.05) is 19.8 Å². The molecule has 0 aromatic rings. The van der Waals surface area contributed by atoms with Gasteiger partial charge < -0.3 is 18.9 Å². The molecule has 0 atom stereocenters. The summed E-state index contributed by atoms with van der Waals surface area (Å²) in [4.78, 5) is 20.3. The van der Waals surface area contributed by atoms with E-state index >= 15 is 0 Å². The Kier molecular flexibility index (Phi) is 4.39. The van der Waals surface area contributed by atoms with Crippen molar-refractivity contribution in [1.82, 2.24) is 0 Å². The van der Waals surface area contributed by atoms with Gasteiger partial charge in [-0.15, -0.1) is 0 Å². The molecule has 2 saturated heterocycles. The molecular formula is C10H16O6. The minimum absolute atomic E-state index is 0.322. The third kappa shape index (κ3) is 3.29. The zero-order chi connectivity index (χ0) is 12.0. The molecule has 2 rings (SSSR count). The second kappa shape index (κ2) is 5.58. The molecule has 0 aliphatic carbocycles. The highest BCUT2D eigenvalue weighted by molar-refractivity contribution is 5.62. The van der Waals surface area contributed by atoms with Gasteiger partial charge in [-0.2, -0.15) is 0 Å². The Bertz CT molecular complexity index is 250. The first kappa shape index (κ1) is 12.6. The van der Waals surface area contributed by atoms with Crippen LogP contribution in [0.2, 0.25) is 0 Å². The predicted molar refractivity (Wildman–Crippen MR) is 53.0 cm³/mol. The third-order valence-corrected chi connectivity index (χ3v) is 2.56. The van der Waals surface area contributed by atoms with Crippen LogP contribution in [0.4, 0.5) is 9.59 Å². The first-order valence-corrected chi connectivity index (χ1v) is 5.27. The lowest BCUT2D eigenvalue weighted by molar-refractivity contribution is 0.0503. The van der Waals surface area contributed by atoms with Crippen LogP contribution < -0.4 is 0 Å². The molecule has 0 spiro atoms. The van der Waals surface area contributed by atoms with Crippen LogP contribution >= 0.6 is 0 Å². The van der Waals surface area contributed by atoms with E-state index < -0.39 is 12.3 Å². The smallest absolute Gasteiger partial charge is 0.431 e. The van der Waals surface area contributed by atoms with Crippen molar-refractivity contribution in [3.8, 4) is 0 Å². The van der Waals surface area contributed by atoms with Crippen LogP contribution in [0, 0.1) is 0 Å². The molecule has 0 aromatic carbocycles. The molecule has 2 heterocycles. The molecular weight excluding hydrogens is 216 g/mol. The Morgan fingerprint density at radius 3 is 1.75 bits per heavy atom. The van der Waals surface area contributed by atoms with E-state index in [0.717, 1.165) is 12.8 Å². The standard InChI is InChI=1S/C7H12O3.C3H4O3/c1-3-7(4-2)5-9-6(8)10-7;4-3-5-1-2-6-3/h3-5H2,1-2H3;1-2H2. The Morgan fingerprint density at radius 1 is 1.00 bits per heavy atom. The Morgan fingerprint density at radius 2 is 1.56 bits per heavy atom. The summed E-state index contributed by atoms with van der Waals surface area (Å²) in [5.41, 5.74) is -0.322. The Hall–Kier alpha value is -1.46. The summed E-state index contributed by atoms with van der Waals surface area (Å²) in [5, 5.41) is 0. The molecule has 0 bridgehead atoms. The molecule has 6 nitrogen and oxygen atoms in total. The van der Waals surface area contributed by atoms with Gasteiger partial charge in [0.05, 0.1) is 0 Å². The monoisotopic (exact) mass is 232 g/mol. The van der Waals surface area contributed by atoms with Crippen LogP contribution in [0.15, 0.2) is 0 Å². The average Bonchev–Trinajstić information content (AvgIpc) is 2.89. The summed E-state index contributed by atoms with van der Waals surface area (Å²) in [5.74, 6) is 0. The molecule has 0 unspecified atom stereocenters. The van der Waals surface area contributed by atoms with Crippen LogP contribution in [0.3, 0.4) is 0 Å². The van der Waals surface area contributed by atoms with Crippen LogP contribution in [0.25, 0.3) is 0 Å². The molecule has 16 heavy (non-hydrogen) atoms. The SMILES string of the molecule is CCC1(CC)COC(=O)O1.O=C1OCCO1. The highest BCUT2D eigenvalue weighted by Crippen LogP contribution is 2.26. The molecule has 0 amide bonds. The van der Waals surface area contributed by atoms with Gasteiger partial charge in [0.2, 0.25) is 0 Å². The predicted octanol–water partition coefficient (Wildman–Crippen LogP) is 1.87. The minimum Gasteiger partial charge on any atom is -0.431 e. The summed E-state index contributed by atoms with van der Waals surface area (Å²) in [7, 11) is 0. The number of hydrogen-bond acceptors (Lipinski definition) is 6. The number of carbonyl (C=O) groups is 2. The number of cyclic esters (lactones) is 4.